The molecule has 31 heavy (non-hydrogen) atoms. The number of alkyl halides is 3. The molecule has 2 rings (SSSR count). The molecule has 1 aliphatic rings. The smallest absolute Gasteiger partial charge is 0.341 e. The first-order valence-corrected chi connectivity index (χ1v) is 12.4. The van der Waals surface area contributed by atoms with Crippen molar-refractivity contribution >= 4 is 13.5 Å². The molecule has 0 aliphatic carbocycles. The number of carbonyl (C=O) groups is 1. The summed E-state index contributed by atoms with van der Waals surface area (Å²) in [6.45, 7) is 5.08. The largest absolute Gasteiger partial charge is 0.416 e. The number of nitrogens with two attached hydrogens (primary N) is 1. The van der Waals surface area contributed by atoms with E-state index < -0.39 is 25.4 Å². The van der Waals surface area contributed by atoms with E-state index in [9.17, 15) is 22.5 Å². The molecule has 1 amide bonds. The average Bonchev–Trinajstić information content (AvgIpc) is 2.73. The molecule has 1 aromatic carbocycles. The van der Waals surface area contributed by atoms with E-state index in [-0.39, 0.29) is 31.2 Å². The highest BCUT2D eigenvalue weighted by Crippen LogP contribution is 2.48. The second-order valence-corrected chi connectivity index (χ2v) is 9.82. The quantitative estimate of drug-likeness (QED) is 0.504. The number of halogens is 3. The summed E-state index contributed by atoms with van der Waals surface area (Å²) in [6.07, 6.45) is -1.95. The van der Waals surface area contributed by atoms with Gasteiger partial charge in [0.25, 0.3) is 0 Å². The van der Waals surface area contributed by atoms with E-state index in [1.165, 1.54) is 12.1 Å². The van der Waals surface area contributed by atoms with E-state index >= 15 is 0 Å². The van der Waals surface area contributed by atoms with E-state index in [1.54, 1.807) is 18.7 Å². The van der Waals surface area contributed by atoms with Crippen molar-refractivity contribution in [2.75, 3.05) is 32.5 Å². The molecule has 0 unspecified atom stereocenters. The van der Waals surface area contributed by atoms with Crippen LogP contribution >= 0.6 is 7.60 Å². The molecule has 1 aromatic rings. The molecule has 0 saturated carbocycles. The lowest BCUT2D eigenvalue weighted by Crippen LogP contribution is -2.47. The molecule has 1 fully saturated rings. The predicted octanol–water partition coefficient (Wildman–Crippen LogP) is 4.79. The summed E-state index contributed by atoms with van der Waals surface area (Å²) in [5, 5.41) is 0. The zero-order chi connectivity index (χ0) is 23.1. The van der Waals surface area contributed by atoms with Gasteiger partial charge in [-0.15, -0.1) is 0 Å². The van der Waals surface area contributed by atoms with Gasteiger partial charge >= 0.3 is 13.8 Å². The summed E-state index contributed by atoms with van der Waals surface area (Å²) in [7, 11) is -3.15. The van der Waals surface area contributed by atoms with Gasteiger partial charge in [-0.1, -0.05) is 12.1 Å². The van der Waals surface area contributed by atoms with E-state index in [4.69, 9.17) is 14.8 Å². The minimum Gasteiger partial charge on any atom is -0.341 e. The van der Waals surface area contributed by atoms with Crippen molar-refractivity contribution in [2.24, 2.45) is 5.73 Å². The predicted molar refractivity (Wildman–Crippen MR) is 113 cm³/mol. The molecule has 0 bridgehead atoms. The van der Waals surface area contributed by atoms with E-state index in [2.05, 4.69) is 0 Å². The maximum atomic E-state index is 12.7. The Morgan fingerprint density at radius 2 is 1.71 bits per heavy atom. The first-order valence-electron chi connectivity index (χ1n) is 10.7. The average molecular weight is 464 g/mol. The van der Waals surface area contributed by atoms with Crippen LogP contribution in [0.3, 0.4) is 0 Å². The van der Waals surface area contributed by atoms with E-state index in [0.717, 1.165) is 17.7 Å². The Kier molecular flexibility index (Phi) is 9.55. The Morgan fingerprint density at radius 1 is 1.16 bits per heavy atom. The third kappa shape index (κ3) is 7.59. The fourth-order valence-corrected chi connectivity index (χ4v) is 5.49. The summed E-state index contributed by atoms with van der Waals surface area (Å²) >= 11 is 0. The van der Waals surface area contributed by atoms with Crippen molar-refractivity contribution in [3.63, 3.8) is 0 Å². The van der Waals surface area contributed by atoms with Crippen LogP contribution in [0.1, 0.15) is 56.6 Å². The van der Waals surface area contributed by atoms with Crippen LogP contribution in [-0.2, 0) is 24.6 Å². The molecule has 1 aliphatic heterocycles. The minimum atomic E-state index is -4.34. The number of rotatable bonds is 10. The number of nitrogens with zero attached hydrogens (tertiary/aromatic N) is 1. The first kappa shape index (κ1) is 25.8. The van der Waals surface area contributed by atoms with Crippen LogP contribution in [0.15, 0.2) is 24.3 Å². The molecular formula is C21H32F3N2O4P. The Labute approximate surface area is 181 Å². The second-order valence-electron chi connectivity index (χ2n) is 7.64. The maximum absolute atomic E-state index is 12.7. The van der Waals surface area contributed by atoms with Crippen LogP contribution in [0.4, 0.5) is 13.2 Å². The number of amides is 1. The van der Waals surface area contributed by atoms with Gasteiger partial charge in [0.1, 0.15) is 0 Å². The van der Waals surface area contributed by atoms with Crippen LogP contribution in [-0.4, -0.2) is 49.3 Å². The normalized spacial score (nSPS) is 17.0. The van der Waals surface area contributed by atoms with Crippen LogP contribution in [0.25, 0.3) is 0 Å². The van der Waals surface area contributed by atoms with Crippen molar-refractivity contribution in [1.29, 1.82) is 0 Å². The van der Waals surface area contributed by atoms with E-state index in [1.807, 2.05) is 0 Å². The second kappa shape index (κ2) is 11.5. The zero-order valence-electron chi connectivity index (χ0n) is 18.1. The highest BCUT2D eigenvalue weighted by atomic mass is 31.2. The number of hydrogen-bond acceptors (Lipinski definition) is 5. The summed E-state index contributed by atoms with van der Waals surface area (Å²) in [4.78, 5) is 14.4. The zero-order valence-corrected chi connectivity index (χ0v) is 19.0. The Morgan fingerprint density at radius 3 is 2.19 bits per heavy atom. The van der Waals surface area contributed by atoms with Crippen LogP contribution in [0, 0.1) is 0 Å². The highest BCUT2D eigenvalue weighted by Gasteiger charge is 2.31. The number of likely N-dealkylation sites (tertiary alicyclic amines) is 1. The van der Waals surface area contributed by atoms with Gasteiger partial charge in [0.05, 0.1) is 31.0 Å². The lowest BCUT2D eigenvalue weighted by molar-refractivity contribution is -0.137. The molecule has 0 spiro atoms. The molecule has 10 heteroatoms. The molecule has 1 atom stereocenters. The topological polar surface area (TPSA) is 81.9 Å². The summed E-state index contributed by atoms with van der Waals surface area (Å²) in [5.74, 6) is -0.0423. The van der Waals surface area contributed by atoms with Gasteiger partial charge in [-0.2, -0.15) is 13.2 Å². The standard InChI is InChI=1S/C21H32F3N2O4P/c1-3-29-31(28,30-4-2)15-5-6-19(25)20(27)26-13-11-17(12-14-26)16-7-9-18(10-8-16)21(22,23)24/h7-10,17,19H,3-6,11-15,25H2,1-2H3/t19-/m0/s1. The van der Waals surface area contributed by atoms with Gasteiger partial charge < -0.3 is 19.7 Å². The lowest BCUT2D eigenvalue weighted by Gasteiger charge is -2.34. The molecule has 0 aromatic heterocycles. The number of piperidine rings is 1. The van der Waals surface area contributed by atoms with Gasteiger partial charge in [-0.25, -0.2) is 0 Å². The maximum Gasteiger partial charge on any atom is 0.416 e. The molecule has 6 nitrogen and oxygen atoms in total. The van der Waals surface area contributed by atoms with Gasteiger partial charge in [-0.05, 0) is 63.1 Å². The number of benzene rings is 1. The monoisotopic (exact) mass is 464 g/mol. The Bertz CT molecular complexity index is 740. The molecular weight excluding hydrogens is 432 g/mol. The third-order valence-corrected chi connectivity index (χ3v) is 7.60. The van der Waals surface area contributed by atoms with Crippen LogP contribution in [0.2, 0.25) is 0 Å². The Hall–Kier alpha value is -1.41. The molecule has 0 radical (unpaired) electrons. The molecule has 1 heterocycles. The van der Waals surface area contributed by atoms with Crippen molar-refractivity contribution in [3.8, 4) is 0 Å². The third-order valence-electron chi connectivity index (χ3n) is 5.43. The van der Waals surface area contributed by atoms with Gasteiger partial charge in [0.2, 0.25) is 5.91 Å². The lowest BCUT2D eigenvalue weighted by atomic mass is 9.88. The SMILES string of the molecule is CCOP(=O)(CCC[C@H](N)C(=O)N1CCC(c2ccc(C(F)(F)F)cc2)CC1)OCC. The van der Waals surface area contributed by atoms with Crippen LogP contribution in [0.5, 0.6) is 0 Å². The fourth-order valence-electron chi connectivity index (χ4n) is 3.80. The van der Waals surface area contributed by atoms with E-state index in [0.29, 0.717) is 38.8 Å². The van der Waals surface area contributed by atoms with Crippen molar-refractivity contribution in [1.82, 2.24) is 4.90 Å². The van der Waals surface area contributed by atoms with Gasteiger partial charge in [-0.3, -0.25) is 9.36 Å². The summed E-state index contributed by atoms with van der Waals surface area (Å²) < 4.78 is 61.1. The fraction of sp³-hybridized carbons (Fsp3) is 0.667. The Balaban J connectivity index is 1.81. The molecule has 2 N–H and O–H groups in total. The molecule has 176 valence electrons. The number of carbonyl (C=O) groups excluding carboxylic acids is 1. The van der Waals surface area contributed by atoms with Gasteiger partial charge in [0, 0.05) is 13.1 Å². The van der Waals surface area contributed by atoms with Crippen molar-refractivity contribution in [2.45, 2.75) is 57.7 Å². The summed E-state index contributed by atoms with van der Waals surface area (Å²) in [6, 6.07) is 4.55. The highest BCUT2D eigenvalue weighted by molar-refractivity contribution is 7.53. The van der Waals surface area contributed by atoms with Crippen LogP contribution < -0.4 is 5.73 Å². The molecule has 1 saturated heterocycles. The van der Waals surface area contributed by atoms with Crippen molar-refractivity contribution < 1.29 is 31.6 Å². The first-order chi connectivity index (χ1) is 14.6. The number of hydrogen-bond donors (Lipinski definition) is 1. The minimum absolute atomic E-state index is 0.117. The van der Waals surface area contributed by atoms with Gasteiger partial charge in [0.15, 0.2) is 0 Å². The van der Waals surface area contributed by atoms with Crippen molar-refractivity contribution in [3.05, 3.63) is 35.4 Å². The summed E-state index contributed by atoms with van der Waals surface area (Å²) in [5.41, 5.74) is 6.25.